The Hall–Kier alpha value is -1.82. The van der Waals surface area contributed by atoms with Crippen LogP contribution in [0.2, 0.25) is 0 Å². The van der Waals surface area contributed by atoms with Crippen molar-refractivity contribution in [2.45, 2.75) is 39.0 Å². The van der Waals surface area contributed by atoms with Crippen molar-refractivity contribution in [3.63, 3.8) is 0 Å². The highest BCUT2D eigenvalue weighted by Gasteiger charge is 2.14. The van der Waals surface area contributed by atoms with E-state index in [-0.39, 0.29) is 5.41 Å². The van der Waals surface area contributed by atoms with Gasteiger partial charge in [-0.15, -0.1) is 0 Å². The highest BCUT2D eigenvalue weighted by atomic mass is 14.2. The van der Waals surface area contributed by atoms with Gasteiger partial charge in [0.2, 0.25) is 0 Å². The van der Waals surface area contributed by atoms with Crippen LogP contribution in [0.15, 0.2) is 55.1 Å². The second-order valence-corrected chi connectivity index (χ2v) is 6.46. The fourth-order valence-electron chi connectivity index (χ4n) is 2.39. The molecule has 20 heavy (non-hydrogen) atoms. The number of rotatable bonds is 3. The first kappa shape index (κ1) is 14.6. The number of hydrogen-bond acceptors (Lipinski definition) is 0. The van der Waals surface area contributed by atoms with Gasteiger partial charge in [-0.25, -0.2) is 0 Å². The molecule has 0 saturated heterocycles. The Morgan fingerprint density at radius 2 is 1.30 bits per heavy atom. The molecule has 1 unspecified atom stereocenters. The van der Waals surface area contributed by atoms with Crippen LogP contribution in [-0.4, -0.2) is 0 Å². The maximum Gasteiger partial charge on any atom is 0.00610 e. The van der Waals surface area contributed by atoms with E-state index >= 15 is 0 Å². The standard InChI is InChI=1S/C20H24/c1-6-16-7-9-17(10-8-16)15(2)18-11-13-19(14-12-18)20(3,4)5/h6-15H,1H2,2-5H3. The molecule has 0 aliphatic rings. The highest BCUT2D eigenvalue weighted by molar-refractivity contribution is 5.48. The predicted octanol–water partition coefficient (Wildman–Crippen LogP) is 5.78. The monoisotopic (exact) mass is 264 g/mol. The zero-order valence-electron chi connectivity index (χ0n) is 13.0. The average Bonchev–Trinajstić information content (AvgIpc) is 2.46. The first-order valence-corrected chi connectivity index (χ1v) is 7.24. The molecule has 0 fully saturated rings. The van der Waals surface area contributed by atoms with Gasteiger partial charge in [0.25, 0.3) is 0 Å². The fraction of sp³-hybridized carbons (Fsp3) is 0.300. The van der Waals surface area contributed by atoms with E-state index in [1.165, 1.54) is 22.3 Å². The molecule has 1 atom stereocenters. The minimum absolute atomic E-state index is 0.216. The van der Waals surface area contributed by atoms with Crippen molar-refractivity contribution in [1.82, 2.24) is 0 Å². The summed E-state index contributed by atoms with van der Waals surface area (Å²) in [6.07, 6.45) is 1.88. The summed E-state index contributed by atoms with van der Waals surface area (Å²) >= 11 is 0. The Bertz CT molecular complexity index is 565. The molecule has 2 aromatic carbocycles. The van der Waals surface area contributed by atoms with Crippen LogP contribution in [-0.2, 0) is 5.41 Å². The smallest absolute Gasteiger partial charge is 0.00610 e. The van der Waals surface area contributed by atoms with Crippen molar-refractivity contribution in [2.75, 3.05) is 0 Å². The quantitative estimate of drug-likeness (QED) is 0.659. The van der Waals surface area contributed by atoms with E-state index in [9.17, 15) is 0 Å². The molecule has 0 heterocycles. The maximum absolute atomic E-state index is 3.80. The van der Waals surface area contributed by atoms with Crippen LogP contribution in [0.1, 0.15) is 55.9 Å². The topological polar surface area (TPSA) is 0 Å². The normalized spacial score (nSPS) is 13.0. The third kappa shape index (κ3) is 3.19. The lowest BCUT2D eigenvalue weighted by Gasteiger charge is -2.20. The van der Waals surface area contributed by atoms with E-state index < -0.39 is 0 Å². The summed E-state index contributed by atoms with van der Waals surface area (Å²) < 4.78 is 0. The lowest BCUT2D eigenvalue weighted by molar-refractivity contribution is 0.590. The zero-order chi connectivity index (χ0) is 14.8. The van der Waals surface area contributed by atoms with E-state index in [4.69, 9.17) is 0 Å². The lowest BCUT2D eigenvalue weighted by atomic mass is 9.85. The van der Waals surface area contributed by atoms with Crippen LogP contribution in [0.25, 0.3) is 6.08 Å². The second-order valence-electron chi connectivity index (χ2n) is 6.46. The minimum atomic E-state index is 0.216. The van der Waals surface area contributed by atoms with Crippen molar-refractivity contribution < 1.29 is 0 Å². The molecule has 0 saturated carbocycles. The molecule has 0 aromatic heterocycles. The predicted molar refractivity (Wildman–Crippen MR) is 89.2 cm³/mol. The van der Waals surface area contributed by atoms with Crippen LogP contribution in [0.3, 0.4) is 0 Å². The molecule has 0 aliphatic heterocycles. The summed E-state index contributed by atoms with van der Waals surface area (Å²) in [6.45, 7) is 12.8. The van der Waals surface area contributed by atoms with Gasteiger partial charge in [-0.1, -0.05) is 88.9 Å². The van der Waals surface area contributed by atoms with Gasteiger partial charge < -0.3 is 0 Å². The van der Waals surface area contributed by atoms with E-state index in [2.05, 4.69) is 82.8 Å². The zero-order valence-corrected chi connectivity index (χ0v) is 13.0. The molecule has 0 bridgehead atoms. The Morgan fingerprint density at radius 1 is 0.850 bits per heavy atom. The van der Waals surface area contributed by atoms with E-state index in [0.717, 1.165) is 0 Å². The van der Waals surface area contributed by atoms with Crippen molar-refractivity contribution in [3.8, 4) is 0 Å². The van der Waals surface area contributed by atoms with Gasteiger partial charge in [-0.05, 0) is 27.7 Å². The molecule has 0 spiro atoms. The van der Waals surface area contributed by atoms with Crippen LogP contribution >= 0.6 is 0 Å². The van der Waals surface area contributed by atoms with Crippen molar-refractivity contribution in [1.29, 1.82) is 0 Å². The van der Waals surface area contributed by atoms with Gasteiger partial charge >= 0.3 is 0 Å². The summed E-state index contributed by atoms with van der Waals surface area (Å²) in [5, 5.41) is 0. The number of hydrogen-bond donors (Lipinski definition) is 0. The summed E-state index contributed by atoms with van der Waals surface area (Å²) in [6, 6.07) is 17.7. The average molecular weight is 264 g/mol. The summed E-state index contributed by atoms with van der Waals surface area (Å²) in [5.41, 5.74) is 5.48. The Morgan fingerprint density at radius 3 is 1.70 bits per heavy atom. The van der Waals surface area contributed by atoms with Crippen molar-refractivity contribution >= 4 is 6.08 Å². The van der Waals surface area contributed by atoms with E-state index in [1.807, 2.05) is 6.08 Å². The molecule has 0 aliphatic carbocycles. The second kappa shape index (κ2) is 5.66. The van der Waals surface area contributed by atoms with Gasteiger partial charge in [0.1, 0.15) is 0 Å². The van der Waals surface area contributed by atoms with Crippen molar-refractivity contribution in [2.24, 2.45) is 0 Å². The fourth-order valence-corrected chi connectivity index (χ4v) is 2.39. The van der Waals surface area contributed by atoms with Crippen LogP contribution in [0.5, 0.6) is 0 Å². The van der Waals surface area contributed by atoms with Crippen LogP contribution in [0.4, 0.5) is 0 Å². The molecule has 0 amide bonds. The molecule has 0 N–H and O–H groups in total. The van der Waals surface area contributed by atoms with Gasteiger partial charge in [-0.2, -0.15) is 0 Å². The third-order valence-electron chi connectivity index (χ3n) is 3.95. The first-order valence-electron chi connectivity index (χ1n) is 7.24. The Kier molecular flexibility index (Phi) is 4.13. The molecular weight excluding hydrogens is 240 g/mol. The van der Waals surface area contributed by atoms with E-state index in [0.29, 0.717) is 5.92 Å². The highest BCUT2D eigenvalue weighted by Crippen LogP contribution is 2.28. The Labute approximate surface area is 123 Å². The molecular formula is C20H24. The van der Waals surface area contributed by atoms with Gasteiger partial charge in [0.05, 0.1) is 0 Å². The molecule has 0 nitrogen and oxygen atoms in total. The lowest BCUT2D eigenvalue weighted by Crippen LogP contribution is -2.11. The molecule has 2 rings (SSSR count). The molecule has 0 radical (unpaired) electrons. The van der Waals surface area contributed by atoms with Crippen LogP contribution < -0.4 is 0 Å². The van der Waals surface area contributed by atoms with Crippen LogP contribution in [0, 0.1) is 0 Å². The van der Waals surface area contributed by atoms with Crippen molar-refractivity contribution in [3.05, 3.63) is 77.4 Å². The minimum Gasteiger partial charge on any atom is -0.0985 e. The summed E-state index contributed by atoms with van der Waals surface area (Å²) in [4.78, 5) is 0. The summed E-state index contributed by atoms with van der Waals surface area (Å²) in [7, 11) is 0. The summed E-state index contributed by atoms with van der Waals surface area (Å²) in [5.74, 6) is 0.419. The van der Waals surface area contributed by atoms with E-state index in [1.54, 1.807) is 0 Å². The Balaban J connectivity index is 2.24. The van der Waals surface area contributed by atoms with Gasteiger partial charge in [0, 0.05) is 5.92 Å². The van der Waals surface area contributed by atoms with Gasteiger partial charge in [0.15, 0.2) is 0 Å². The maximum atomic E-state index is 3.80. The third-order valence-corrected chi connectivity index (χ3v) is 3.95. The number of benzene rings is 2. The van der Waals surface area contributed by atoms with Gasteiger partial charge in [-0.3, -0.25) is 0 Å². The first-order chi connectivity index (χ1) is 9.41. The molecule has 2 aromatic rings. The largest absolute Gasteiger partial charge is 0.0985 e. The SMILES string of the molecule is C=Cc1ccc(C(C)c2ccc(C(C)(C)C)cc2)cc1. The molecule has 104 valence electrons. The molecule has 0 heteroatoms.